The molecular formula is C20H27N3O5. The largest absolute Gasteiger partial charge is 0.493 e. The van der Waals surface area contributed by atoms with E-state index in [1.165, 1.54) is 13.4 Å². The summed E-state index contributed by atoms with van der Waals surface area (Å²) >= 11 is 0. The Kier molecular flexibility index (Phi) is 6.51. The number of piperidine rings is 1. The van der Waals surface area contributed by atoms with Crippen molar-refractivity contribution >= 4 is 16.8 Å². The second-order valence-electron chi connectivity index (χ2n) is 6.89. The molecule has 8 heteroatoms. The lowest BCUT2D eigenvalue weighted by molar-refractivity contribution is -0.133. The van der Waals surface area contributed by atoms with Crippen LogP contribution in [-0.2, 0) is 16.1 Å². The summed E-state index contributed by atoms with van der Waals surface area (Å²) in [4.78, 5) is 31.4. The molecule has 1 aromatic heterocycles. The van der Waals surface area contributed by atoms with Crippen molar-refractivity contribution in [1.29, 1.82) is 0 Å². The number of aromatic nitrogens is 2. The highest BCUT2D eigenvalue weighted by Crippen LogP contribution is 2.29. The number of aryl methyl sites for hydroxylation is 1. The van der Waals surface area contributed by atoms with Gasteiger partial charge in [-0.25, -0.2) is 4.98 Å². The Morgan fingerprint density at radius 2 is 1.82 bits per heavy atom. The molecular weight excluding hydrogens is 362 g/mol. The maximum Gasteiger partial charge on any atom is 0.261 e. The van der Waals surface area contributed by atoms with Gasteiger partial charge in [-0.05, 0) is 25.3 Å². The normalized spacial score (nSPS) is 15.0. The highest BCUT2D eigenvalue weighted by atomic mass is 16.5. The molecule has 0 unspecified atom stereocenters. The van der Waals surface area contributed by atoms with Gasteiger partial charge in [0, 0.05) is 39.2 Å². The van der Waals surface area contributed by atoms with Gasteiger partial charge in [-0.3, -0.25) is 14.2 Å². The van der Waals surface area contributed by atoms with Crippen LogP contribution in [0.1, 0.15) is 25.7 Å². The van der Waals surface area contributed by atoms with Crippen LogP contribution in [0.15, 0.2) is 23.3 Å². The highest BCUT2D eigenvalue weighted by Gasteiger charge is 2.22. The summed E-state index contributed by atoms with van der Waals surface area (Å²) < 4.78 is 17.4. The molecule has 0 N–H and O–H groups in total. The van der Waals surface area contributed by atoms with Crippen LogP contribution in [0, 0.1) is 0 Å². The van der Waals surface area contributed by atoms with Crippen LogP contribution in [0.4, 0.5) is 0 Å². The number of carbonyl (C=O) groups is 1. The second kappa shape index (κ2) is 9.05. The third-order valence-electron chi connectivity index (χ3n) is 5.25. The van der Waals surface area contributed by atoms with Crippen molar-refractivity contribution in [2.24, 2.45) is 0 Å². The number of carbonyl (C=O) groups excluding carboxylic acids is 1. The fourth-order valence-electron chi connectivity index (χ4n) is 3.54. The number of hydrogen-bond acceptors (Lipinski definition) is 6. The molecule has 3 rings (SSSR count). The van der Waals surface area contributed by atoms with E-state index in [9.17, 15) is 9.59 Å². The van der Waals surface area contributed by atoms with Crippen molar-refractivity contribution in [3.63, 3.8) is 0 Å². The van der Waals surface area contributed by atoms with Crippen molar-refractivity contribution in [1.82, 2.24) is 14.5 Å². The summed E-state index contributed by atoms with van der Waals surface area (Å²) in [6.07, 6.45) is 4.52. The van der Waals surface area contributed by atoms with Crippen molar-refractivity contribution in [3.8, 4) is 11.5 Å². The molecule has 1 fully saturated rings. The van der Waals surface area contributed by atoms with Crippen LogP contribution in [0.2, 0.25) is 0 Å². The zero-order chi connectivity index (χ0) is 20.1. The van der Waals surface area contributed by atoms with Crippen molar-refractivity contribution in [2.75, 3.05) is 34.4 Å². The molecule has 2 aromatic rings. The predicted octanol–water partition coefficient (Wildman–Crippen LogP) is 1.83. The Morgan fingerprint density at radius 3 is 2.46 bits per heavy atom. The Bertz CT molecular complexity index is 887. The minimum Gasteiger partial charge on any atom is -0.493 e. The number of hydrogen-bond donors (Lipinski definition) is 0. The SMILES string of the molecule is COc1cc2ncn(CCCC(=O)N3CCC(OC)CC3)c(=O)c2cc1OC. The van der Waals surface area contributed by atoms with Gasteiger partial charge in [0.05, 0.1) is 37.6 Å². The fourth-order valence-corrected chi connectivity index (χ4v) is 3.54. The maximum atomic E-state index is 12.8. The molecule has 1 saturated heterocycles. The molecule has 0 radical (unpaired) electrons. The van der Waals surface area contributed by atoms with E-state index in [0.29, 0.717) is 41.8 Å². The molecule has 0 bridgehead atoms. The van der Waals surface area contributed by atoms with E-state index < -0.39 is 0 Å². The number of methoxy groups -OCH3 is 3. The number of fused-ring (bicyclic) bond motifs is 1. The first-order chi connectivity index (χ1) is 13.6. The van der Waals surface area contributed by atoms with Crippen molar-refractivity contribution in [2.45, 2.75) is 38.3 Å². The van der Waals surface area contributed by atoms with Crippen LogP contribution >= 0.6 is 0 Å². The van der Waals surface area contributed by atoms with E-state index in [2.05, 4.69) is 4.98 Å². The number of benzene rings is 1. The quantitative estimate of drug-likeness (QED) is 0.719. The van der Waals surface area contributed by atoms with Gasteiger partial charge in [0.1, 0.15) is 0 Å². The van der Waals surface area contributed by atoms with Gasteiger partial charge in [-0.1, -0.05) is 0 Å². The van der Waals surface area contributed by atoms with Crippen LogP contribution < -0.4 is 15.0 Å². The zero-order valence-corrected chi connectivity index (χ0v) is 16.6. The molecule has 28 heavy (non-hydrogen) atoms. The minimum atomic E-state index is -0.153. The smallest absolute Gasteiger partial charge is 0.261 e. The topological polar surface area (TPSA) is 82.9 Å². The molecule has 1 aliphatic rings. The third-order valence-corrected chi connectivity index (χ3v) is 5.25. The number of nitrogens with zero attached hydrogens (tertiary/aromatic N) is 3. The average Bonchev–Trinajstić information content (AvgIpc) is 2.74. The number of amides is 1. The Hall–Kier alpha value is -2.61. The summed E-state index contributed by atoms with van der Waals surface area (Å²) in [5.74, 6) is 1.14. The summed E-state index contributed by atoms with van der Waals surface area (Å²) in [7, 11) is 4.78. The molecule has 2 heterocycles. The first-order valence-electron chi connectivity index (χ1n) is 9.49. The van der Waals surface area contributed by atoms with Gasteiger partial charge in [-0.2, -0.15) is 0 Å². The zero-order valence-electron chi connectivity index (χ0n) is 16.6. The van der Waals surface area contributed by atoms with Crippen molar-refractivity contribution < 1.29 is 19.0 Å². The van der Waals surface area contributed by atoms with Gasteiger partial charge in [0.15, 0.2) is 11.5 Å². The first kappa shape index (κ1) is 20.1. The van der Waals surface area contributed by atoms with Crippen LogP contribution in [0.3, 0.4) is 0 Å². The standard InChI is InChI=1S/C20H27N3O5/c1-26-14-6-9-22(10-7-14)19(24)5-4-8-23-13-21-16-12-18(28-3)17(27-2)11-15(16)20(23)25/h11-14H,4-10H2,1-3H3. The predicted molar refractivity (Wildman–Crippen MR) is 105 cm³/mol. The van der Waals surface area contributed by atoms with E-state index in [-0.39, 0.29) is 17.6 Å². The van der Waals surface area contributed by atoms with Gasteiger partial charge >= 0.3 is 0 Å². The Labute approximate surface area is 164 Å². The Balaban J connectivity index is 1.64. The minimum absolute atomic E-state index is 0.128. The lowest BCUT2D eigenvalue weighted by atomic mass is 10.1. The average molecular weight is 389 g/mol. The van der Waals surface area contributed by atoms with E-state index in [1.54, 1.807) is 30.9 Å². The van der Waals surface area contributed by atoms with E-state index >= 15 is 0 Å². The molecule has 8 nitrogen and oxygen atoms in total. The summed E-state index contributed by atoms with van der Waals surface area (Å²) in [6, 6.07) is 3.33. The lowest BCUT2D eigenvalue weighted by Crippen LogP contribution is -2.40. The molecule has 0 spiro atoms. The molecule has 1 aromatic carbocycles. The summed E-state index contributed by atoms with van der Waals surface area (Å²) in [5, 5.41) is 0.466. The van der Waals surface area contributed by atoms with Crippen LogP contribution in [0.5, 0.6) is 11.5 Å². The number of ether oxygens (including phenoxy) is 3. The van der Waals surface area contributed by atoms with E-state index in [4.69, 9.17) is 14.2 Å². The highest BCUT2D eigenvalue weighted by molar-refractivity contribution is 5.81. The van der Waals surface area contributed by atoms with Gasteiger partial charge in [-0.15, -0.1) is 0 Å². The second-order valence-corrected chi connectivity index (χ2v) is 6.89. The van der Waals surface area contributed by atoms with Crippen LogP contribution in [-0.4, -0.2) is 60.9 Å². The molecule has 1 aliphatic heterocycles. The van der Waals surface area contributed by atoms with Gasteiger partial charge < -0.3 is 19.1 Å². The lowest BCUT2D eigenvalue weighted by Gasteiger charge is -2.31. The first-order valence-corrected chi connectivity index (χ1v) is 9.49. The molecule has 0 aliphatic carbocycles. The number of rotatable bonds is 7. The van der Waals surface area contributed by atoms with Crippen LogP contribution in [0.25, 0.3) is 10.9 Å². The monoisotopic (exact) mass is 389 g/mol. The fraction of sp³-hybridized carbons (Fsp3) is 0.550. The molecule has 1 amide bonds. The maximum absolute atomic E-state index is 12.8. The third kappa shape index (κ3) is 4.27. The van der Waals surface area contributed by atoms with Gasteiger partial charge in [0.25, 0.3) is 5.56 Å². The molecule has 0 atom stereocenters. The summed E-state index contributed by atoms with van der Waals surface area (Å²) in [6.45, 7) is 1.91. The van der Waals surface area contributed by atoms with E-state index in [0.717, 1.165) is 25.9 Å². The van der Waals surface area contributed by atoms with Gasteiger partial charge in [0.2, 0.25) is 5.91 Å². The summed E-state index contributed by atoms with van der Waals surface area (Å²) in [5.41, 5.74) is 0.398. The Morgan fingerprint density at radius 1 is 1.14 bits per heavy atom. The van der Waals surface area contributed by atoms with E-state index in [1.807, 2.05) is 4.90 Å². The number of likely N-dealkylation sites (tertiary alicyclic amines) is 1. The molecule has 0 saturated carbocycles. The molecule has 152 valence electrons. The van der Waals surface area contributed by atoms with Crippen molar-refractivity contribution in [3.05, 3.63) is 28.8 Å².